The number of hydrogen-bond donors (Lipinski definition) is 1. The normalized spacial score (nSPS) is 11.4. The van der Waals surface area contributed by atoms with Crippen LogP contribution in [0.3, 0.4) is 0 Å². The van der Waals surface area contributed by atoms with Crippen LogP contribution in [-0.4, -0.2) is 52.5 Å². The molecule has 0 fully saturated rings. The second-order valence-electron chi connectivity index (χ2n) is 5.81. The summed E-state index contributed by atoms with van der Waals surface area (Å²) in [6.45, 7) is 3.28. The monoisotopic (exact) mass is 392 g/mol. The van der Waals surface area contributed by atoms with Crippen LogP contribution in [0.15, 0.2) is 53.4 Å². The van der Waals surface area contributed by atoms with E-state index in [1.54, 1.807) is 36.4 Å². The van der Waals surface area contributed by atoms with E-state index in [-0.39, 0.29) is 10.8 Å². The van der Waals surface area contributed by atoms with Gasteiger partial charge in [0.25, 0.3) is 5.91 Å². The Balaban J connectivity index is 2.09. The lowest BCUT2D eigenvalue weighted by Crippen LogP contribution is -2.22. The van der Waals surface area contributed by atoms with E-state index in [1.807, 2.05) is 6.92 Å². The fourth-order valence-corrected chi connectivity index (χ4v) is 3.16. The molecule has 0 aliphatic carbocycles. The predicted molar refractivity (Wildman–Crippen MR) is 104 cm³/mol. The summed E-state index contributed by atoms with van der Waals surface area (Å²) in [6, 6.07) is 12.9. The molecule has 0 aliphatic rings. The zero-order chi connectivity index (χ0) is 19.9. The fourth-order valence-electron chi connectivity index (χ4n) is 2.25. The second kappa shape index (κ2) is 9.50. The Morgan fingerprint density at radius 3 is 2.33 bits per heavy atom. The van der Waals surface area contributed by atoms with E-state index in [4.69, 9.17) is 9.47 Å². The Bertz CT molecular complexity index is 864. The van der Waals surface area contributed by atoms with Crippen LogP contribution < -0.4 is 10.1 Å². The van der Waals surface area contributed by atoms with Crippen molar-refractivity contribution in [1.29, 1.82) is 0 Å². The number of anilines is 1. The number of carbonyl (C=O) groups is 1. The molecule has 0 aromatic heterocycles. The van der Waals surface area contributed by atoms with Crippen LogP contribution in [0.5, 0.6) is 5.75 Å². The highest BCUT2D eigenvalue weighted by atomic mass is 32.2. The van der Waals surface area contributed by atoms with Gasteiger partial charge < -0.3 is 14.8 Å². The zero-order valence-corrected chi connectivity index (χ0v) is 16.5. The van der Waals surface area contributed by atoms with E-state index in [0.717, 1.165) is 4.31 Å². The summed E-state index contributed by atoms with van der Waals surface area (Å²) in [7, 11) is -0.576. The second-order valence-corrected chi connectivity index (χ2v) is 7.96. The van der Waals surface area contributed by atoms with E-state index >= 15 is 0 Å². The highest BCUT2D eigenvalue weighted by Crippen LogP contribution is 2.21. The third kappa shape index (κ3) is 5.53. The lowest BCUT2D eigenvalue weighted by Gasteiger charge is -2.13. The third-order valence-electron chi connectivity index (χ3n) is 3.71. The van der Waals surface area contributed by atoms with Gasteiger partial charge in [-0.2, -0.15) is 0 Å². The molecule has 0 atom stereocenters. The van der Waals surface area contributed by atoms with E-state index in [1.165, 1.54) is 26.2 Å². The van der Waals surface area contributed by atoms with Gasteiger partial charge in [-0.25, -0.2) is 12.7 Å². The van der Waals surface area contributed by atoms with Gasteiger partial charge in [0.2, 0.25) is 10.0 Å². The highest BCUT2D eigenvalue weighted by Gasteiger charge is 2.17. The number of carbonyl (C=O) groups excluding carboxylic acids is 1. The van der Waals surface area contributed by atoms with Crippen molar-refractivity contribution >= 4 is 21.6 Å². The Labute approximate surface area is 160 Å². The van der Waals surface area contributed by atoms with Crippen LogP contribution in [-0.2, 0) is 14.8 Å². The van der Waals surface area contributed by atoms with E-state index in [9.17, 15) is 13.2 Å². The van der Waals surface area contributed by atoms with Crippen LogP contribution in [0, 0.1) is 0 Å². The maximum atomic E-state index is 12.6. The van der Waals surface area contributed by atoms with Crippen molar-refractivity contribution in [3.8, 4) is 5.75 Å². The number of para-hydroxylation sites is 1. The number of hydrogen-bond acceptors (Lipinski definition) is 5. The molecule has 0 spiro atoms. The van der Waals surface area contributed by atoms with E-state index in [2.05, 4.69) is 5.32 Å². The molecular formula is C19H24N2O5S. The molecule has 0 saturated carbocycles. The average molecular weight is 392 g/mol. The standard InChI is InChI=1S/C19H24N2O5S/c1-4-25-13-14-26-18-8-6-5-7-17(18)19(22)20-15-9-11-16(12-10-15)27(23,24)21(2)3/h5-12H,4,13-14H2,1-3H3,(H,20,22). The molecule has 27 heavy (non-hydrogen) atoms. The summed E-state index contributed by atoms with van der Waals surface area (Å²) >= 11 is 0. The van der Waals surface area contributed by atoms with Crippen molar-refractivity contribution in [2.75, 3.05) is 39.2 Å². The minimum absolute atomic E-state index is 0.158. The number of amides is 1. The topological polar surface area (TPSA) is 84.9 Å². The quantitative estimate of drug-likeness (QED) is 0.663. The molecule has 0 aliphatic heterocycles. The Hall–Kier alpha value is -2.42. The minimum atomic E-state index is -3.51. The zero-order valence-electron chi connectivity index (χ0n) is 15.6. The summed E-state index contributed by atoms with van der Waals surface area (Å²) in [5, 5.41) is 2.75. The van der Waals surface area contributed by atoms with Crippen molar-refractivity contribution in [3.05, 3.63) is 54.1 Å². The third-order valence-corrected chi connectivity index (χ3v) is 5.54. The molecule has 0 bridgehead atoms. The number of ether oxygens (including phenoxy) is 2. The van der Waals surface area contributed by atoms with Gasteiger partial charge in [0.15, 0.2) is 0 Å². The van der Waals surface area contributed by atoms with Crippen molar-refractivity contribution in [3.63, 3.8) is 0 Å². The summed E-state index contributed by atoms with van der Waals surface area (Å²) in [5.41, 5.74) is 0.876. The first-order valence-electron chi connectivity index (χ1n) is 8.49. The molecule has 1 N–H and O–H groups in total. The summed E-state index contributed by atoms with van der Waals surface area (Å²) < 4.78 is 36.2. The first-order chi connectivity index (χ1) is 12.9. The van der Waals surface area contributed by atoms with Gasteiger partial charge in [-0.3, -0.25) is 4.79 Å². The first kappa shape index (κ1) is 20.9. The molecule has 2 aromatic carbocycles. The number of rotatable bonds is 9. The largest absolute Gasteiger partial charge is 0.490 e. The number of benzene rings is 2. The van der Waals surface area contributed by atoms with E-state index < -0.39 is 10.0 Å². The smallest absolute Gasteiger partial charge is 0.259 e. The van der Waals surface area contributed by atoms with Gasteiger partial charge in [-0.15, -0.1) is 0 Å². The molecule has 146 valence electrons. The average Bonchev–Trinajstić information content (AvgIpc) is 2.66. The molecule has 7 nitrogen and oxygen atoms in total. The first-order valence-corrected chi connectivity index (χ1v) is 9.93. The number of sulfonamides is 1. The summed E-state index contributed by atoms with van der Waals surface area (Å²) in [4.78, 5) is 12.7. The SMILES string of the molecule is CCOCCOc1ccccc1C(=O)Nc1ccc(S(=O)(=O)N(C)C)cc1. The summed E-state index contributed by atoms with van der Waals surface area (Å²) in [6.07, 6.45) is 0. The Morgan fingerprint density at radius 1 is 1.04 bits per heavy atom. The lowest BCUT2D eigenvalue weighted by molar-refractivity contribution is 0.0998. The van der Waals surface area contributed by atoms with Crippen LogP contribution in [0.1, 0.15) is 17.3 Å². The maximum absolute atomic E-state index is 12.6. The molecule has 2 rings (SSSR count). The van der Waals surface area contributed by atoms with Crippen molar-refractivity contribution < 1.29 is 22.7 Å². The Kier molecular flexibility index (Phi) is 7.35. The van der Waals surface area contributed by atoms with Crippen LogP contribution >= 0.6 is 0 Å². The fraction of sp³-hybridized carbons (Fsp3) is 0.316. The van der Waals surface area contributed by atoms with Gasteiger partial charge in [0.1, 0.15) is 12.4 Å². The number of nitrogens with one attached hydrogen (secondary N) is 1. The van der Waals surface area contributed by atoms with E-state index in [0.29, 0.717) is 36.8 Å². The maximum Gasteiger partial charge on any atom is 0.259 e. The van der Waals surface area contributed by atoms with Crippen LogP contribution in [0.2, 0.25) is 0 Å². The molecule has 8 heteroatoms. The van der Waals surface area contributed by atoms with Crippen molar-refractivity contribution in [2.45, 2.75) is 11.8 Å². The van der Waals surface area contributed by atoms with Gasteiger partial charge >= 0.3 is 0 Å². The summed E-state index contributed by atoms with van der Waals surface area (Å²) in [5.74, 6) is 0.117. The molecule has 0 radical (unpaired) electrons. The van der Waals surface area contributed by atoms with Gasteiger partial charge in [-0.05, 0) is 43.3 Å². The predicted octanol–water partition coefficient (Wildman–Crippen LogP) is 2.60. The van der Waals surface area contributed by atoms with Crippen molar-refractivity contribution in [1.82, 2.24) is 4.31 Å². The molecular weight excluding hydrogens is 368 g/mol. The van der Waals surface area contributed by atoms with Gasteiger partial charge in [0.05, 0.1) is 17.1 Å². The van der Waals surface area contributed by atoms with Gasteiger partial charge in [0, 0.05) is 26.4 Å². The molecule has 0 saturated heterocycles. The highest BCUT2D eigenvalue weighted by molar-refractivity contribution is 7.89. The Morgan fingerprint density at radius 2 is 1.70 bits per heavy atom. The van der Waals surface area contributed by atoms with Gasteiger partial charge in [-0.1, -0.05) is 12.1 Å². The molecule has 0 heterocycles. The lowest BCUT2D eigenvalue weighted by atomic mass is 10.2. The van der Waals surface area contributed by atoms with Crippen molar-refractivity contribution in [2.24, 2.45) is 0 Å². The van der Waals surface area contributed by atoms with Crippen LogP contribution in [0.4, 0.5) is 5.69 Å². The number of nitrogens with zero attached hydrogens (tertiary/aromatic N) is 1. The van der Waals surface area contributed by atoms with Crippen LogP contribution in [0.25, 0.3) is 0 Å². The molecule has 1 amide bonds. The molecule has 0 unspecified atom stereocenters. The minimum Gasteiger partial charge on any atom is -0.490 e. The molecule has 2 aromatic rings.